The number of benzene rings is 1. The van der Waals surface area contributed by atoms with Crippen LogP contribution in [0.1, 0.15) is 29.5 Å². The molecule has 17 heavy (non-hydrogen) atoms. The SMILES string of the molecule is Cc1ccc(CC(=O)O)c(OCC2CC2)c1C. The number of ether oxygens (including phenoxy) is 1. The molecule has 92 valence electrons. The van der Waals surface area contributed by atoms with Crippen LogP contribution in [0.4, 0.5) is 0 Å². The minimum Gasteiger partial charge on any atom is -0.493 e. The largest absolute Gasteiger partial charge is 0.493 e. The molecule has 1 fully saturated rings. The highest BCUT2D eigenvalue weighted by Gasteiger charge is 2.23. The second kappa shape index (κ2) is 4.78. The summed E-state index contributed by atoms with van der Waals surface area (Å²) in [6.07, 6.45) is 2.50. The topological polar surface area (TPSA) is 46.5 Å². The van der Waals surface area contributed by atoms with Gasteiger partial charge in [0, 0.05) is 5.56 Å². The first-order chi connectivity index (χ1) is 8.08. The van der Waals surface area contributed by atoms with Crippen LogP contribution in [0.3, 0.4) is 0 Å². The maximum Gasteiger partial charge on any atom is 0.307 e. The Balaban J connectivity index is 2.22. The Morgan fingerprint density at radius 2 is 2.12 bits per heavy atom. The molecule has 0 aromatic heterocycles. The molecule has 0 unspecified atom stereocenters. The van der Waals surface area contributed by atoms with Crippen LogP contribution in [-0.2, 0) is 11.2 Å². The molecule has 0 aliphatic heterocycles. The van der Waals surface area contributed by atoms with Crippen molar-refractivity contribution in [3.63, 3.8) is 0 Å². The van der Waals surface area contributed by atoms with Crippen LogP contribution in [0.25, 0.3) is 0 Å². The quantitative estimate of drug-likeness (QED) is 0.852. The first-order valence-corrected chi connectivity index (χ1v) is 6.01. The molecule has 1 N–H and O–H groups in total. The summed E-state index contributed by atoms with van der Waals surface area (Å²) in [5.41, 5.74) is 2.98. The van der Waals surface area contributed by atoms with Gasteiger partial charge >= 0.3 is 5.97 Å². The highest BCUT2D eigenvalue weighted by atomic mass is 16.5. The third-order valence-corrected chi connectivity index (χ3v) is 3.26. The molecule has 1 saturated carbocycles. The van der Waals surface area contributed by atoms with Gasteiger partial charge in [0.25, 0.3) is 0 Å². The lowest BCUT2D eigenvalue weighted by atomic mass is 10.0. The Bertz CT molecular complexity index is 433. The van der Waals surface area contributed by atoms with Crippen LogP contribution < -0.4 is 4.74 Å². The van der Waals surface area contributed by atoms with Crippen molar-refractivity contribution in [3.05, 3.63) is 28.8 Å². The Morgan fingerprint density at radius 1 is 1.41 bits per heavy atom. The van der Waals surface area contributed by atoms with Crippen molar-refractivity contribution in [2.45, 2.75) is 33.1 Å². The maximum atomic E-state index is 10.8. The number of carbonyl (C=O) groups is 1. The van der Waals surface area contributed by atoms with Gasteiger partial charge in [0.05, 0.1) is 13.0 Å². The standard InChI is InChI=1S/C14H18O3/c1-9-3-6-12(7-13(15)16)14(10(9)2)17-8-11-4-5-11/h3,6,11H,4-5,7-8H2,1-2H3,(H,15,16). The number of carboxylic acid groups (broad SMARTS) is 1. The van der Waals surface area contributed by atoms with E-state index in [0.717, 1.165) is 29.0 Å². The number of aryl methyl sites for hydroxylation is 1. The molecular weight excluding hydrogens is 216 g/mol. The summed E-state index contributed by atoms with van der Waals surface area (Å²) in [5.74, 6) is 0.636. The van der Waals surface area contributed by atoms with Crippen molar-refractivity contribution in [1.82, 2.24) is 0 Å². The molecule has 2 rings (SSSR count). The second-order valence-corrected chi connectivity index (χ2v) is 4.82. The minimum atomic E-state index is -0.815. The Kier molecular flexibility index (Phi) is 3.36. The molecule has 0 spiro atoms. The highest BCUT2D eigenvalue weighted by Crippen LogP contribution is 2.32. The smallest absolute Gasteiger partial charge is 0.307 e. The van der Waals surface area contributed by atoms with Gasteiger partial charge in [-0.15, -0.1) is 0 Å². The highest BCUT2D eigenvalue weighted by molar-refractivity contribution is 5.72. The zero-order valence-corrected chi connectivity index (χ0v) is 10.3. The molecule has 3 nitrogen and oxygen atoms in total. The van der Waals surface area contributed by atoms with Gasteiger partial charge in [-0.25, -0.2) is 0 Å². The molecular formula is C14H18O3. The lowest BCUT2D eigenvalue weighted by Crippen LogP contribution is -2.08. The van der Waals surface area contributed by atoms with Gasteiger partial charge in [0.1, 0.15) is 5.75 Å². The fraction of sp³-hybridized carbons (Fsp3) is 0.500. The number of aliphatic carboxylic acids is 1. The minimum absolute atomic E-state index is 0.0289. The molecule has 3 heteroatoms. The van der Waals surface area contributed by atoms with Crippen molar-refractivity contribution in [2.24, 2.45) is 5.92 Å². The van der Waals surface area contributed by atoms with Crippen molar-refractivity contribution in [2.75, 3.05) is 6.61 Å². The number of carboxylic acids is 1. The zero-order chi connectivity index (χ0) is 12.4. The van der Waals surface area contributed by atoms with Gasteiger partial charge in [-0.3, -0.25) is 4.79 Å². The van der Waals surface area contributed by atoms with E-state index in [4.69, 9.17) is 9.84 Å². The molecule has 1 aliphatic rings. The van der Waals surface area contributed by atoms with Crippen molar-refractivity contribution in [3.8, 4) is 5.75 Å². The van der Waals surface area contributed by atoms with Crippen LogP contribution in [0.15, 0.2) is 12.1 Å². The average molecular weight is 234 g/mol. The van der Waals surface area contributed by atoms with Crippen LogP contribution in [-0.4, -0.2) is 17.7 Å². The molecule has 0 amide bonds. The van der Waals surface area contributed by atoms with E-state index in [1.54, 1.807) is 0 Å². The van der Waals surface area contributed by atoms with Crippen LogP contribution >= 0.6 is 0 Å². The third-order valence-electron chi connectivity index (χ3n) is 3.26. The van der Waals surface area contributed by atoms with Crippen LogP contribution in [0, 0.1) is 19.8 Å². The lowest BCUT2D eigenvalue weighted by Gasteiger charge is -2.14. The fourth-order valence-corrected chi connectivity index (χ4v) is 1.83. The van der Waals surface area contributed by atoms with Gasteiger partial charge in [-0.05, 0) is 43.7 Å². The van der Waals surface area contributed by atoms with Gasteiger partial charge < -0.3 is 9.84 Å². The van der Waals surface area contributed by atoms with Gasteiger partial charge in [-0.1, -0.05) is 12.1 Å². The molecule has 0 bridgehead atoms. The van der Waals surface area contributed by atoms with Crippen LogP contribution in [0.5, 0.6) is 5.75 Å². The van der Waals surface area contributed by atoms with Crippen molar-refractivity contribution >= 4 is 5.97 Å². The normalized spacial score (nSPS) is 14.7. The maximum absolute atomic E-state index is 10.8. The second-order valence-electron chi connectivity index (χ2n) is 4.82. The average Bonchev–Trinajstić information content (AvgIpc) is 3.06. The number of hydrogen-bond acceptors (Lipinski definition) is 2. The first kappa shape index (κ1) is 12.0. The molecule has 1 aromatic carbocycles. The summed E-state index contributed by atoms with van der Waals surface area (Å²) in [4.78, 5) is 10.8. The van der Waals surface area contributed by atoms with E-state index < -0.39 is 5.97 Å². The van der Waals surface area contributed by atoms with Gasteiger partial charge in [-0.2, -0.15) is 0 Å². The molecule has 1 aliphatic carbocycles. The van der Waals surface area contributed by atoms with Gasteiger partial charge in [0.15, 0.2) is 0 Å². The van der Waals surface area contributed by atoms with Gasteiger partial charge in [0.2, 0.25) is 0 Å². The Hall–Kier alpha value is -1.51. The van der Waals surface area contributed by atoms with Crippen molar-refractivity contribution < 1.29 is 14.6 Å². The summed E-state index contributed by atoms with van der Waals surface area (Å²) >= 11 is 0. The van der Waals surface area contributed by atoms with E-state index in [-0.39, 0.29) is 6.42 Å². The number of rotatable bonds is 5. The monoisotopic (exact) mass is 234 g/mol. The molecule has 1 aromatic rings. The van der Waals surface area contributed by atoms with E-state index in [2.05, 4.69) is 0 Å². The van der Waals surface area contributed by atoms with E-state index in [9.17, 15) is 4.79 Å². The molecule has 0 heterocycles. The fourth-order valence-electron chi connectivity index (χ4n) is 1.83. The summed E-state index contributed by atoms with van der Waals surface area (Å²) in [5, 5.41) is 8.89. The molecule has 0 atom stereocenters. The lowest BCUT2D eigenvalue weighted by molar-refractivity contribution is -0.136. The van der Waals surface area contributed by atoms with E-state index in [0.29, 0.717) is 5.92 Å². The third kappa shape index (κ3) is 2.99. The summed E-state index contributed by atoms with van der Waals surface area (Å²) in [7, 11) is 0. The predicted octanol–water partition coefficient (Wildman–Crippen LogP) is 2.72. The van der Waals surface area contributed by atoms with E-state index in [1.165, 1.54) is 12.8 Å². The Labute approximate surface area is 101 Å². The van der Waals surface area contributed by atoms with Crippen molar-refractivity contribution in [1.29, 1.82) is 0 Å². The van der Waals surface area contributed by atoms with E-state index >= 15 is 0 Å². The summed E-state index contributed by atoms with van der Waals surface area (Å²) in [6, 6.07) is 3.82. The summed E-state index contributed by atoms with van der Waals surface area (Å²) in [6.45, 7) is 4.73. The predicted molar refractivity (Wildman–Crippen MR) is 65.5 cm³/mol. The Morgan fingerprint density at radius 3 is 2.71 bits per heavy atom. The molecule has 0 saturated heterocycles. The zero-order valence-electron chi connectivity index (χ0n) is 10.3. The first-order valence-electron chi connectivity index (χ1n) is 6.01. The molecule has 0 radical (unpaired) electrons. The van der Waals surface area contributed by atoms with Crippen LogP contribution in [0.2, 0.25) is 0 Å². The summed E-state index contributed by atoms with van der Waals surface area (Å²) < 4.78 is 5.81. The number of hydrogen-bond donors (Lipinski definition) is 1. The van der Waals surface area contributed by atoms with E-state index in [1.807, 2.05) is 26.0 Å².